The molecule has 0 aliphatic carbocycles. The van der Waals surface area contributed by atoms with Crippen molar-refractivity contribution in [2.75, 3.05) is 13.1 Å². The van der Waals surface area contributed by atoms with Crippen molar-refractivity contribution in [3.05, 3.63) is 0 Å². The van der Waals surface area contributed by atoms with Gasteiger partial charge in [-0.2, -0.15) is 0 Å². The second kappa shape index (κ2) is 5.67. The lowest BCUT2D eigenvalue weighted by Crippen LogP contribution is -2.59. The molecule has 0 saturated carbocycles. The first-order valence-corrected chi connectivity index (χ1v) is 5.98. The average molecular weight is 224 g/mol. The molecule has 3 nitrogen and oxygen atoms in total. The van der Waals surface area contributed by atoms with Gasteiger partial charge >= 0.3 is 0 Å². The highest BCUT2D eigenvalue weighted by atomic mass is 16.5. The van der Waals surface area contributed by atoms with Gasteiger partial charge in [-0.05, 0) is 19.3 Å². The van der Waals surface area contributed by atoms with E-state index in [1.165, 1.54) is 0 Å². The second-order valence-electron chi connectivity index (χ2n) is 5.40. The van der Waals surface area contributed by atoms with Crippen LogP contribution in [0.5, 0.6) is 0 Å². The summed E-state index contributed by atoms with van der Waals surface area (Å²) in [5.41, 5.74) is 0.285. The molecule has 1 heterocycles. The van der Waals surface area contributed by atoms with E-state index in [4.69, 9.17) is 4.74 Å². The van der Waals surface area contributed by atoms with E-state index in [1.807, 2.05) is 13.8 Å². The highest BCUT2D eigenvalue weighted by molar-refractivity contribution is 5.01. The molecule has 16 heavy (non-hydrogen) atoms. The first-order valence-electron chi connectivity index (χ1n) is 5.98. The van der Waals surface area contributed by atoms with E-state index in [9.17, 15) is 0 Å². The average Bonchev–Trinajstić information content (AvgIpc) is 2.17. The van der Waals surface area contributed by atoms with Crippen LogP contribution in [-0.2, 0) is 4.74 Å². The summed E-state index contributed by atoms with van der Waals surface area (Å²) in [5.74, 6) is 5.86. The van der Waals surface area contributed by atoms with Gasteiger partial charge in [0, 0.05) is 19.1 Å². The fourth-order valence-electron chi connectivity index (χ4n) is 1.84. The third-order valence-electron chi connectivity index (χ3n) is 2.86. The first kappa shape index (κ1) is 13.5. The van der Waals surface area contributed by atoms with Crippen molar-refractivity contribution < 1.29 is 4.74 Å². The van der Waals surface area contributed by atoms with Gasteiger partial charge in [0.1, 0.15) is 12.3 Å². The van der Waals surface area contributed by atoms with E-state index in [1.54, 1.807) is 0 Å². The van der Waals surface area contributed by atoms with Gasteiger partial charge in [0.25, 0.3) is 0 Å². The number of hydrogen-bond donors (Lipinski definition) is 2. The fraction of sp³-hybridized carbons (Fsp3) is 0.846. The van der Waals surface area contributed by atoms with E-state index in [2.05, 4.69) is 43.2 Å². The summed E-state index contributed by atoms with van der Waals surface area (Å²) in [7, 11) is 0. The fourth-order valence-corrected chi connectivity index (χ4v) is 1.84. The molecule has 0 amide bonds. The van der Waals surface area contributed by atoms with E-state index < -0.39 is 0 Å². The summed E-state index contributed by atoms with van der Waals surface area (Å²) >= 11 is 0. The van der Waals surface area contributed by atoms with Crippen LogP contribution in [-0.4, -0.2) is 31.5 Å². The van der Waals surface area contributed by atoms with E-state index in [0.29, 0.717) is 6.04 Å². The van der Waals surface area contributed by atoms with E-state index >= 15 is 0 Å². The Morgan fingerprint density at radius 2 is 1.94 bits per heavy atom. The number of rotatable bonds is 2. The number of ether oxygens (including phenoxy) is 1. The Labute approximate surface area is 99.3 Å². The van der Waals surface area contributed by atoms with Crippen molar-refractivity contribution in [2.24, 2.45) is 5.41 Å². The van der Waals surface area contributed by atoms with E-state index in [0.717, 1.165) is 13.1 Å². The van der Waals surface area contributed by atoms with Crippen molar-refractivity contribution in [3.63, 3.8) is 0 Å². The Morgan fingerprint density at radius 3 is 2.38 bits per heavy atom. The normalized spacial score (nSPS) is 28.1. The maximum atomic E-state index is 5.75. The summed E-state index contributed by atoms with van der Waals surface area (Å²) in [6, 6.07) is 0.500. The monoisotopic (exact) mass is 224 g/mol. The lowest BCUT2D eigenvalue weighted by molar-refractivity contribution is -0.0150. The SMILES string of the molecule is CC#C[C@@H](C)OC1CNC(C(C)(C)C)CN1. The zero-order valence-electron chi connectivity index (χ0n) is 11.1. The van der Waals surface area contributed by atoms with Gasteiger partial charge in [-0.3, -0.25) is 5.32 Å². The molecule has 0 aromatic carbocycles. The van der Waals surface area contributed by atoms with Crippen LogP contribution in [0, 0.1) is 17.3 Å². The van der Waals surface area contributed by atoms with Crippen LogP contribution < -0.4 is 10.6 Å². The lowest BCUT2D eigenvalue weighted by Gasteiger charge is -2.38. The number of nitrogens with one attached hydrogen (secondary N) is 2. The minimum Gasteiger partial charge on any atom is -0.346 e. The Balaban J connectivity index is 2.34. The van der Waals surface area contributed by atoms with Crippen LogP contribution in [0.4, 0.5) is 0 Å². The second-order valence-corrected chi connectivity index (χ2v) is 5.40. The van der Waals surface area contributed by atoms with Gasteiger partial charge in [-0.1, -0.05) is 26.7 Å². The minimum absolute atomic E-state index is 0.00418. The smallest absolute Gasteiger partial charge is 0.122 e. The topological polar surface area (TPSA) is 33.3 Å². The van der Waals surface area contributed by atoms with Crippen LogP contribution in [0.1, 0.15) is 34.6 Å². The number of hydrogen-bond acceptors (Lipinski definition) is 3. The molecule has 1 aliphatic rings. The Morgan fingerprint density at radius 1 is 1.25 bits per heavy atom. The van der Waals surface area contributed by atoms with Crippen LogP contribution in [0.3, 0.4) is 0 Å². The van der Waals surface area contributed by atoms with Gasteiger partial charge < -0.3 is 10.1 Å². The largest absolute Gasteiger partial charge is 0.346 e. The van der Waals surface area contributed by atoms with Gasteiger partial charge in [-0.25, -0.2) is 0 Å². The van der Waals surface area contributed by atoms with Crippen molar-refractivity contribution in [1.82, 2.24) is 10.6 Å². The molecule has 1 saturated heterocycles. The predicted octanol–water partition coefficient (Wildman–Crippen LogP) is 1.35. The van der Waals surface area contributed by atoms with Gasteiger partial charge in [0.15, 0.2) is 0 Å². The van der Waals surface area contributed by atoms with Crippen LogP contribution >= 0.6 is 0 Å². The Kier molecular flexibility index (Phi) is 4.79. The summed E-state index contributed by atoms with van der Waals surface area (Å²) in [5, 5.41) is 6.93. The molecule has 0 spiro atoms. The third-order valence-corrected chi connectivity index (χ3v) is 2.86. The van der Waals surface area contributed by atoms with Gasteiger partial charge in [-0.15, -0.1) is 5.92 Å². The summed E-state index contributed by atoms with van der Waals surface area (Å²) in [6.07, 6.45) is 0.0740. The molecule has 1 aliphatic heterocycles. The molecule has 0 radical (unpaired) electrons. The minimum atomic E-state index is -0.00418. The highest BCUT2D eigenvalue weighted by Gasteiger charge is 2.29. The molecule has 2 unspecified atom stereocenters. The molecule has 1 rings (SSSR count). The van der Waals surface area contributed by atoms with Crippen LogP contribution in [0.15, 0.2) is 0 Å². The lowest BCUT2D eigenvalue weighted by atomic mass is 9.86. The molecule has 0 aromatic rings. The third kappa shape index (κ3) is 4.13. The maximum Gasteiger partial charge on any atom is 0.122 e. The maximum absolute atomic E-state index is 5.75. The first-order chi connectivity index (χ1) is 7.43. The molecular weight excluding hydrogens is 200 g/mol. The standard InChI is InChI=1S/C13H24N2O/c1-6-7-10(2)16-12-9-14-11(8-15-12)13(3,4)5/h10-12,14-15H,8-9H2,1-5H3/t10-,11?,12?/m1/s1. The van der Waals surface area contributed by atoms with Crippen LogP contribution in [0.2, 0.25) is 0 Å². The van der Waals surface area contributed by atoms with Gasteiger partial charge in [0.2, 0.25) is 0 Å². The predicted molar refractivity (Wildman–Crippen MR) is 67.0 cm³/mol. The highest BCUT2D eigenvalue weighted by Crippen LogP contribution is 2.20. The molecule has 0 aromatic heterocycles. The van der Waals surface area contributed by atoms with Crippen molar-refractivity contribution in [3.8, 4) is 11.8 Å². The summed E-state index contributed by atoms with van der Waals surface area (Å²) < 4.78 is 5.75. The molecular formula is C13H24N2O. The summed E-state index contributed by atoms with van der Waals surface area (Å²) in [6.45, 7) is 12.4. The Hall–Kier alpha value is -0.560. The van der Waals surface area contributed by atoms with Crippen molar-refractivity contribution >= 4 is 0 Å². The summed E-state index contributed by atoms with van der Waals surface area (Å²) in [4.78, 5) is 0. The van der Waals surface area contributed by atoms with E-state index in [-0.39, 0.29) is 17.7 Å². The quantitative estimate of drug-likeness (QED) is 0.695. The van der Waals surface area contributed by atoms with Crippen molar-refractivity contribution in [1.29, 1.82) is 0 Å². The van der Waals surface area contributed by atoms with Crippen molar-refractivity contribution in [2.45, 2.75) is 53.0 Å². The Bertz CT molecular complexity index is 264. The number of piperazine rings is 1. The van der Waals surface area contributed by atoms with Gasteiger partial charge in [0.05, 0.1) is 0 Å². The molecule has 3 atom stereocenters. The zero-order chi connectivity index (χ0) is 12.2. The molecule has 0 bridgehead atoms. The molecule has 1 fully saturated rings. The molecule has 92 valence electrons. The zero-order valence-corrected chi connectivity index (χ0v) is 11.1. The molecule has 3 heteroatoms. The van der Waals surface area contributed by atoms with Crippen LogP contribution in [0.25, 0.3) is 0 Å². The molecule has 2 N–H and O–H groups in total.